The Kier molecular flexibility index (Phi) is 3.76. The Morgan fingerprint density at radius 1 is 2.00 bits per heavy atom. The molecular formula is C3H6ClNO3S. The van der Waals surface area contributed by atoms with Gasteiger partial charge in [0.1, 0.15) is 0 Å². The molecule has 0 radical (unpaired) electrons. The van der Waals surface area contributed by atoms with E-state index in [0.29, 0.717) is 4.31 Å². The lowest BCUT2D eigenvalue weighted by molar-refractivity contribution is 0.174. The van der Waals surface area contributed by atoms with Gasteiger partial charge in [-0.3, -0.25) is 0 Å². The van der Waals surface area contributed by atoms with Crippen molar-refractivity contribution in [3.63, 3.8) is 0 Å². The number of carboxylic acid groups (broad SMARTS) is 1. The van der Waals surface area contributed by atoms with Gasteiger partial charge in [0.2, 0.25) is 10.7 Å². The second-order valence-corrected chi connectivity index (χ2v) is 2.83. The van der Waals surface area contributed by atoms with Gasteiger partial charge in [-0.15, -0.1) is 4.31 Å². The van der Waals surface area contributed by atoms with Crippen molar-refractivity contribution in [3.8, 4) is 0 Å². The maximum Gasteiger partial charge on any atom is 0.450 e. The first-order valence-corrected chi connectivity index (χ1v) is 4.11. The third kappa shape index (κ3) is 2.78. The zero-order valence-electron chi connectivity index (χ0n) is 4.70. The minimum Gasteiger partial charge on any atom is -0.575 e. The zero-order valence-corrected chi connectivity index (χ0v) is 6.28. The van der Waals surface area contributed by atoms with Crippen molar-refractivity contribution in [2.75, 3.05) is 6.54 Å². The van der Waals surface area contributed by atoms with Crippen LogP contribution in [0, 0.1) is 0 Å². The largest absolute Gasteiger partial charge is 0.575 e. The van der Waals surface area contributed by atoms with E-state index >= 15 is 0 Å². The number of amides is 1. The van der Waals surface area contributed by atoms with Crippen LogP contribution in [0.15, 0.2) is 0 Å². The summed E-state index contributed by atoms with van der Waals surface area (Å²) in [4.78, 5) is 10.0. The van der Waals surface area contributed by atoms with Crippen LogP contribution in [0.2, 0.25) is 0 Å². The monoisotopic (exact) mass is 171 g/mol. The minimum absolute atomic E-state index is 0.130. The SMILES string of the molecule is CCN(C(=O)O)[S+]([O-])Cl. The molecule has 1 unspecified atom stereocenters. The van der Waals surface area contributed by atoms with Crippen molar-refractivity contribution in [1.29, 1.82) is 0 Å². The average molecular weight is 172 g/mol. The second-order valence-electron chi connectivity index (χ2n) is 1.18. The first-order chi connectivity index (χ1) is 4.09. The van der Waals surface area contributed by atoms with Crippen LogP contribution in [-0.4, -0.2) is 26.6 Å². The third-order valence-corrected chi connectivity index (χ3v) is 1.93. The molecule has 54 valence electrons. The van der Waals surface area contributed by atoms with Crippen molar-refractivity contribution in [1.82, 2.24) is 4.31 Å². The van der Waals surface area contributed by atoms with Crippen LogP contribution in [0.25, 0.3) is 0 Å². The molecule has 9 heavy (non-hydrogen) atoms. The molecule has 0 fully saturated rings. The van der Waals surface area contributed by atoms with Gasteiger partial charge in [0.15, 0.2) is 10.6 Å². The van der Waals surface area contributed by atoms with Gasteiger partial charge in [-0.25, -0.2) is 4.79 Å². The molecule has 0 spiro atoms. The topological polar surface area (TPSA) is 63.6 Å². The van der Waals surface area contributed by atoms with E-state index in [4.69, 9.17) is 15.8 Å². The van der Waals surface area contributed by atoms with E-state index in [0.717, 1.165) is 0 Å². The summed E-state index contributed by atoms with van der Waals surface area (Å²) in [5.74, 6) is 0. The summed E-state index contributed by atoms with van der Waals surface area (Å²) in [6.07, 6.45) is -1.27. The number of hydrogen-bond donors (Lipinski definition) is 1. The molecule has 0 bridgehead atoms. The van der Waals surface area contributed by atoms with Gasteiger partial charge in [-0.1, -0.05) is 0 Å². The highest BCUT2D eigenvalue weighted by atomic mass is 35.7. The molecule has 0 heterocycles. The van der Waals surface area contributed by atoms with E-state index in [-0.39, 0.29) is 6.54 Å². The summed E-state index contributed by atoms with van der Waals surface area (Å²) in [7, 11) is 3.03. The van der Waals surface area contributed by atoms with E-state index < -0.39 is 16.7 Å². The molecule has 0 aliphatic carbocycles. The van der Waals surface area contributed by atoms with Crippen LogP contribution in [0.1, 0.15) is 6.92 Å². The fraction of sp³-hybridized carbons (Fsp3) is 0.667. The Balaban J connectivity index is 3.83. The van der Waals surface area contributed by atoms with Crippen LogP contribution in [0.4, 0.5) is 4.79 Å². The van der Waals surface area contributed by atoms with Crippen molar-refractivity contribution < 1.29 is 14.5 Å². The van der Waals surface area contributed by atoms with Gasteiger partial charge in [0.25, 0.3) is 0 Å². The Hall–Kier alpha value is -0.130. The van der Waals surface area contributed by atoms with Crippen LogP contribution in [0.5, 0.6) is 0 Å². The number of nitrogens with zero attached hydrogens (tertiary/aromatic N) is 1. The summed E-state index contributed by atoms with van der Waals surface area (Å²) in [5, 5.41) is 8.19. The number of hydrogen-bond acceptors (Lipinski definition) is 2. The van der Waals surface area contributed by atoms with Gasteiger partial charge in [0.05, 0.1) is 6.54 Å². The smallest absolute Gasteiger partial charge is 0.450 e. The van der Waals surface area contributed by atoms with Gasteiger partial charge >= 0.3 is 6.09 Å². The Morgan fingerprint density at radius 3 is 2.44 bits per heavy atom. The van der Waals surface area contributed by atoms with Crippen LogP contribution in [-0.2, 0) is 10.6 Å². The maximum atomic E-state index is 10.2. The predicted molar refractivity (Wildman–Crippen MR) is 34.4 cm³/mol. The molecular weight excluding hydrogens is 166 g/mol. The van der Waals surface area contributed by atoms with Crippen LogP contribution >= 0.6 is 10.7 Å². The second kappa shape index (κ2) is 3.81. The fourth-order valence-corrected chi connectivity index (χ4v) is 1.09. The van der Waals surface area contributed by atoms with E-state index in [1.165, 1.54) is 0 Å². The van der Waals surface area contributed by atoms with Crippen molar-refractivity contribution in [3.05, 3.63) is 0 Å². The molecule has 1 atom stereocenters. The fourth-order valence-electron chi connectivity index (χ4n) is 0.298. The zero-order chi connectivity index (χ0) is 7.44. The van der Waals surface area contributed by atoms with Gasteiger partial charge in [-0.05, 0) is 6.92 Å². The van der Waals surface area contributed by atoms with Crippen molar-refractivity contribution in [2.45, 2.75) is 6.92 Å². The minimum atomic E-state index is -1.93. The van der Waals surface area contributed by atoms with E-state index in [1.54, 1.807) is 6.92 Å². The predicted octanol–water partition coefficient (Wildman–Crippen LogP) is 0.804. The lowest BCUT2D eigenvalue weighted by atomic mass is 10.8. The first-order valence-electron chi connectivity index (χ1n) is 2.18. The van der Waals surface area contributed by atoms with Crippen molar-refractivity contribution in [2.24, 2.45) is 0 Å². The van der Waals surface area contributed by atoms with Gasteiger partial charge in [0, 0.05) is 0 Å². The van der Waals surface area contributed by atoms with Gasteiger partial charge in [-0.2, -0.15) is 0 Å². The Morgan fingerprint density at radius 2 is 2.44 bits per heavy atom. The maximum absolute atomic E-state index is 10.2. The summed E-state index contributed by atoms with van der Waals surface area (Å²) in [6.45, 7) is 1.68. The number of rotatable bonds is 2. The molecule has 0 rings (SSSR count). The molecule has 0 aromatic carbocycles. The van der Waals surface area contributed by atoms with Crippen LogP contribution in [0.3, 0.4) is 0 Å². The highest BCUT2D eigenvalue weighted by molar-refractivity contribution is 8.12. The highest BCUT2D eigenvalue weighted by Gasteiger charge is 2.21. The van der Waals surface area contributed by atoms with E-state index in [9.17, 15) is 9.35 Å². The summed E-state index contributed by atoms with van der Waals surface area (Å²) >= 11 is 0. The van der Waals surface area contributed by atoms with E-state index in [1.807, 2.05) is 0 Å². The molecule has 0 saturated carbocycles. The summed E-state index contributed by atoms with van der Waals surface area (Å²) in [6, 6.07) is 0. The first kappa shape index (κ1) is 8.87. The molecule has 4 nitrogen and oxygen atoms in total. The number of halogens is 1. The molecule has 1 amide bonds. The molecule has 6 heteroatoms. The van der Waals surface area contributed by atoms with Crippen LogP contribution < -0.4 is 0 Å². The standard InChI is InChI=1S/C3H6ClNO3S/c1-2-5(3(6)7)9(4)8/h2H2,1H3,(H,6,7). The average Bonchev–Trinajstić information content (AvgIpc) is 1.64. The molecule has 0 aliphatic rings. The molecule has 0 aromatic heterocycles. The Bertz CT molecular complexity index is 109. The third-order valence-electron chi connectivity index (χ3n) is 0.674. The lowest BCUT2D eigenvalue weighted by Crippen LogP contribution is -2.31. The lowest BCUT2D eigenvalue weighted by Gasteiger charge is -2.11. The summed E-state index contributed by atoms with van der Waals surface area (Å²) in [5.41, 5.74) is 0. The number of carbonyl (C=O) groups is 1. The normalized spacial score (nSPS) is 12.8. The molecule has 1 N–H and O–H groups in total. The molecule has 0 aromatic rings. The molecule has 0 aliphatic heterocycles. The van der Waals surface area contributed by atoms with Gasteiger partial charge < -0.3 is 9.66 Å². The quantitative estimate of drug-likeness (QED) is 0.626. The van der Waals surface area contributed by atoms with E-state index in [2.05, 4.69) is 0 Å². The Labute approximate surface area is 60.2 Å². The van der Waals surface area contributed by atoms with Crippen molar-refractivity contribution >= 4 is 27.4 Å². The highest BCUT2D eigenvalue weighted by Crippen LogP contribution is 2.04. The summed E-state index contributed by atoms with van der Waals surface area (Å²) < 4.78 is 10.9. The molecule has 0 saturated heterocycles.